The van der Waals surface area contributed by atoms with Crippen molar-refractivity contribution in [2.75, 3.05) is 12.9 Å². The molecule has 0 saturated carbocycles. The van der Waals surface area contributed by atoms with Gasteiger partial charge < -0.3 is 4.74 Å². The van der Waals surface area contributed by atoms with Gasteiger partial charge in [0.1, 0.15) is 10.6 Å². The molecule has 134 valence electrons. The fourth-order valence-corrected chi connectivity index (χ4v) is 5.49. The SMILES string of the molecule is C=C(C)CSc1nc2sc3c(c2c(=O)n1-c1ccccc1OC)CCC3. The first kappa shape index (κ1) is 17.4. The van der Waals surface area contributed by atoms with E-state index in [0.29, 0.717) is 10.9 Å². The van der Waals surface area contributed by atoms with Crippen LogP contribution in [0.25, 0.3) is 15.9 Å². The van der Waals surface area contributed by atoms with Gasteiger partial charge >= 0.3 is 0 Å². The lowest BCUT2D eigenvalue weighted by Crippen LogP contribution is -2.22. The van der Waals surface area contributed by atoms with Crippen molar-refractivity contribution in [1.29, 1.82) is 0 Å². The van der Waals surface area contributed by atoms with E-state index in [1.54, 1.807) is 34.8 Å². The first-order valence-electron chi connectivity index (χ1n) is 8.58. The maximum atomic E-state index is 13.5. The Balaban J connectivity index is 2.01. The largest absolute Gasteiger partial charge is 0.495 e. The summed E-state index contributed by atoms with van der Waals surface area (Å²) in [5.74, 6) is 1.39. The van der Waals surface area contributed by atoms with Crippen molar-refractivity contribution in [3.8, 4) is 11.4 Å². The van der Waals surface area contributed by atoms with Crippen LogP contribution in [-0.2, 0) is 12.8 Å². The van der Waals surface area contributed by atoms with Gasteiger partial charge in [-0.25, -0.2) is 4.98 Å². The van der Waals surface area contributed by atoms with E-state index in [0.717, 1.165) is 46.5 Å². The van der Waals surface area contributed by atoms with Crippen LogP contribution >= 0.6 is 23.1 Å². The van der Waals surface area contributed by atoms with E-state index in [1.165, 1.54) is 10.4 Å². The number of aromatic nitrogens is 2. The molecule has 4 nitrogen and oxygen atoms in total. The van der Waals surface area contributed by atoms with E-state index in [4.69, 9.17) is 9.72 Å². The molecule has 1 aliphatic carbocycles. The highest BCUT2D eigenvalue weighted by Gasteiger charge is 2.24. The molecule has 0 unspecified atom stereocenters. The van der Waals surface area contributed by atoms with Crippen molar-refractivity contribution in [2.24, 2.45) is 0 Å². The van der Waals surface area contributed by atoms with E-state index < -0.39 is 0 Å². The molecule has 3 aromatic rings. The smallest absolute Gasteiger partial charge is 0.267 e. The summed E-state index contributed by atoms with van der Waals surface area (Å²) in [7, 11) is 1.62. The van der Waals surface area contributed by atoms with Crippen molar-refractivity contribution >= 4 is 33.3 Å². The third-order valence-corrected chi connectivity index (χ3v) is 6.84. The van der Waals surface area contributed by atoms with Gasteiger partial charge in [0.05, 0.1) is 18.2 Å². The molecule has 0 aliphatic heterocycles. The van der Waals surface area contributed by atoms with Gasteiger partial charge in [-0.05, 0) is 43.9 Å². The van der Waals surface area contributed by atoms with Crippen LogP contribution in [0.5, 0.6) is 5.75 Å². The van der Waals surface area contributed by atoms with Crippen molar-refractivity contribution < 1.29 is 4.74 Å². The molecule has 0 radical (unpaired) electrons. The molecule has 0 spiro atoms. The van der Waals surface area contributed by atoms with E-state index in [1.807, 2.05) is 31.2 Å². The van der Waals surface area contributed by atoms with E-state index in [-0.39, 0.29) is 5.56 Å². The lowest BCUT2D eigenvalue weighted by atomic mass is 10.2. The summed E-state index contributed by atoms with van der Waals surface area (Å²) < 4.78 is 7.22. The molecule has 0 atom stereocenters. The van der Waals surface area contributed by atoms with Crippen LogP contribution in [-0.4, -0.2) is 22.4 Å². The van der Waals surface area contributed by atoms with Gasteiger partial charge in [0.15, 0.2) is 5.16 Å². The van der Waals surface area contributed by atoms with Gasteiger partial charge in [0.25, 0.3) is 5.56 Å². The number of methoxy groups -OCH3 is 1. The number of fused-ring (bicyclic) bond motifs is 3. The zero-order valence-electron chi connectivity index (χ0n) is 14.9. The van der Waals surface area contributed by atoms with Crippen molar-refractivity contribution in [1.82, 2.24) is 9.55 Å². The molecule has 0 amide bonds. The summed E-state index contributed by atoms with van der Waals surface area (Å²) >= 11 is 3.21. The molecule has 4 rings (SSSR count). The maximum Gasteiger partial charge on any atom is 0.267 e. The van der Waals surface area contributed by atoms with Gasteiger partial charge in [-0.2, -0.15) is 0 Å². The Kier molecular flexibility index (Phi) is 4.63. The Bertz CT molecular complexity index is 1070. The lowest BCUT2D eigenvalue weighted by molar-refractivity contribution is 0.411. The van der Waals surface area contributed by atoms with Crippen molar-refractivity contribution in [2.45, 2.75) is 31.3 Å². The van der Waals surface area contributed by atoms with Gasteiger partial charge in [-0.1, -0.05) is 36.0 Å². The number of hydrogen-bond donors (Lipinski definition) is 0. The molecule has 6 heteroatoms. The molecule has 2 heterocycles. The highest BCUT2D eigenvalue weighted by atomic mass is 32.2. The normalized spacial score (nSPS) is 13.2. The Morgan fingerprint density at radius 1 is 1.38 bits per heavy atom. The maximum absolute atomic E-state index is 13.5. The predicted octanol–water partition coefficient (Wildman–Crippen LogP) is 4.61. The van der Waals surface area contributed by atoms with Gasteiger partial charge in [-0.3, -0.25) is 9.36 Å². The van der Waals surface area contributed by atoms with Crippen LogP contribution < -0.4 is 10.3 Å². The summed E-state index contributed by atoms with van der Waals surface area (Å²) in [6, 6.07) is 7.60. The fourth-order valence-electron chi connectivity index (χ4n) is 3.34. The second kappa shape index (κ2) is 6.93. The van der Waals surface area contributed by atoms with Crippen LogP contribution in [0.2, 0.25) is 0 Å². The first-order valence-corrected chi connectivity index (χ1v) is 10.4. The average molecular weight is 385 g/mol. The number of thiophene rings is 1. The molecular weight excluding hydrogens is 364 g/mol. The third-order valence-electron chi connectivity index (χ3n) is 4.48. The number of nitrogens with zero attached hydrogens (tertiary/aromatic N) is 2. The molecular formula is C20H20N2O2S2. The molecule has 1 aromatic carbocycles. The van der Waals surface area contributed by atoms with Crippen LogP contribution in [0.3, 0.4) is 0 Å². The number of benzene rings is 1. The van der Waals surface area contributed by atoms with Crippen LogP contribution in [0.15, 0.2) is 46.4 Å². The van der Waals surface area contributed by atoms with E-state index >= 15 is 0 Å². The minimum Gasteiger partial charge on any atom is -0.495 e. The topological polar surface area (TPSA) is 44.1 Å². The summed E-state index contributed by atoms with van der Waals surface area (Å²) in [6.45, 7) is 5.96. The molecule has 0 fully saturated rings. The van der Waals surface area contributed by atoms with Crippen LogP contribution in [0.1, 0.15) is 23.8 Å². The molecule has 0 N–H and O–H groups in total. The Labute approximate surface area is 160 Å². The van der Waals surface area contributed by atoms with E-state index in [9.17, 15) is 4.79 Å². The minimum absolute atomic E-state index is 0.00288. The standard InChI is InChI=1S/C20H20N2O2S2/c1-12(2)11-25-20-21-18-17(13-7-6-10-16(13)26-18)19(23)22(20)14-8-4-5-9-15(14)24-3/h4-5,8-9H,1,6-7,10-11H2,2-3H3. The quantitative estimate of drug-likeness (QED) is 0.366. The van der Waals surface area contributed by atoms with Gasteiger partial charge in [0.2, 0.25) is 0 Å². The highest BCUT2D eigenvalue weighted by molar-refractivity contribution is 7.99. The molecule has 1 aliphatic rings. The fraction of sp³-hybridized carbons (Fsp3) is 0.300. The second-order valence-corrected chi connectivity index (χ2v) is 8.52. The summed E-state index contributed by atoms with van der Waals surface area (Å²) in [5, 5.41) is 1.48. The number of aryl methyl sites for hydroxylation is 2. The zero-order chi connectivity index (χ0) is 18.3. The number of thioether (sulfide) groups is 1. The number of ether oxygens (including phenoxy) is 1. The van der Waals surface area contributed by atoms with Crippen LogP contribution in [0, 0.1) is 0 Å². The van der Waals surface area contributed by atoms with Gasteiger partial charge in [-0.15, -0.1) is 11.3 Å². The second-order valence-electron chi connectivity index (χ2n) is 6.49. The van der Waals surface area contributed by atoms with E-state index in [2.05, 4.69) is 6.58 Å². The number of para-hydroxylation sites is 2. The van der Waals surface area contributed by atoms with Gasteiger partial charge in [0, 0.05) is 10.6 Å². The predicted molar refractivity (Wildman–Crippen MR) is 109 cm³/mol. The highest BCUT2D eigenvalue weighted by Crippen LogP contribution is 2.36. The summed E-state index contributed by atoms with van der Waals surface area (Å²) in [4.78, 5) is 20.6. The molecule has 0 saturated heterocycles. The minimum atomic E-state index is 0.00288. The summed E-state index contributed by atoms with van der Waals surface area (Å²) in [6.07, 6.45) is 3.15. The zero-order valence-corrected chi connectivity index (χ0v) is 16.5. The molecule has 2 aromatic heterocycles. The number of rotatable bonds is 5. The number of hydrogen-bond acceptors (Lipinski definition) is 5. The molecule has 0 bridgehead atoms. The van der Waals surface area contributed by atoms with Crippen molar-refractivity contribution in [3.63, 3.8) is 0 Å². The Hall–Kier alpha value is -2.05. The Morgan fingerprint density at radius 3 is 2.96 bits per heavy atom. The van der Waals surface area contributed by atoms with Crippen molar-refractivity contribution in [3.05, 3.63) is 57.2 Å². The lowest BCUT2D eigenvalue weighted by Gasteiger charge is -2.15. The monoisotopic (exact) mass is 384 g/mol. The Morgan fingerprint density at radius 2 is 2.19 bits per heavy atom. The summed E-state index contributed by atoms with van der Waals surface area (Å²) in [5.41, 5.74) is 2.98. The first-order chi connectivity index (χ1) is 12.6. The third kappa shape index (κ3) is 2.87. The van der Waals surface area contributed by atoms with Crippen LogP contribution in [0.4, 0.5) is 0 Å². The molecule has 26 heavy (non-hydrogen) atoms. The average Bonchev–Trinajstić information content (AvgIpc) is 3.20.